The first-order chi connectivity index (χ1) is 7.13. The standard InChI is InChI=1S/C11H16N4/c1-8-10(12)11(14(2)15(8)13)9-6-4-3-5-7-9/h3-8H,12-13H2,1-2H3. The van der Waals surface area contributed by atoms with Crippen molar-refractivity contribution in [1.82, 2.24) is 10.1 Å². The second-order valence-corrected chi connectivity index (χ2v) is 3.75. The fraction of sp³-hybridized carbons (Fsp3) is 0.273. The molecule has 1 unspecified atom stereocenters. The van der Waals surface area contributed by atoms with Crippen molar-refractivity contribution in [3.63, 3.8) is 0 Å². The third-order valence-electron chi connectivity index (χ3n) is 2.84. The van der Waals surface area contributed by atoms with Crippen molar-refractivity contribution in [2.24, 2.45) is 11.6 Å². The third kappa shape index (κ3) is 1.48. The fourth-order valence-corrected chi connectivity index (χ4v) is 1.85. The molecule has 0 bridgehead atoms. The van der Waals surface area contributed by atoms with Crippen molar-refractivity contribution >= 4 is 5.70 Å². The van der Waals surface area contributed by atoms with E-state index in [1.807, 2.05) is 49.3 Å². The van der Waals surface area contributed by atoms with E-state index in [0.717, 1.165) is 17.0 Å². The molecule has 2 rings (SSSR count). The highest BCUT2D eigenvalue weighted by Crippen LogP contribution is 2.29. The maximum atomic E-state index is 6.05. The first-order valence-corrected chi connectivity index (χ1v) is 4.95. The van der Waals surface area contributed by atoms with Crippen LogP contribution < -0.4 is 11.6 Å². The largest absolute Gasteiger partial charge is 0.399 e. The van der Waals surface area contributed by atoms with Crippen LogP contribution in [0.1, 0.15) is 12.5 Å². The lowest BCUT2D eigenvalue weighted by Crippen LogP contribution is -2.45. The van der Waals surface area contributed by atoms with E-state index < -0.39 is 0 Å². The molecule has 0 amide bonds. The molecule has 1 aliphatic rings. The van der Waals surface area contributed by atoms with Crippen LogP contribution in [0.4, 0.5) is 0 Å². The quantitative estimate of drug-likeness (QED) is 0.662. The Morgan fingerprint density at radius 3 is 2.27 bits per heavy atom. The van der Waals surface area contributed by atoms with E-state index in [2.05, 4.69) is 0 Å². The molecule has 80 valence electrons. The normalized spacial score (nSPS) is 22.6. The second-order valence-electron chi connectivity index (χ2n) is 3.75. The van der Waals surface area contributed by atoms with Crippen LogP contribution in [-0.2, 0) is 0 Å². The zero-order valence-electron chi connectivity index (χ0n) is 9.01. The van der Waals surface area contributed by atoms with Gasteiger partial charge < -0.3 is 5.73 Å². The zero-order chi connectivity index (χ0) is 11.0. The highest BCUT2D eigenvalue weighted by atomic mass is 15.8. The lowest BCUT2D eigenvalue weighted by atomic mass is 10.1. The molecule has 0 saturated carbocycles. The number of nitrogens with two attached hydrogens (primary N) is 2. The first kappa shape index (κ1) is 10.0. The van der Waals surface area contributed by atoms with Gasteiger partial charge in [-0.05, 0) is 6.92 Å². The summed E-state index contributed by atoms with van der Waals surface area (Å²) in [5.74, 6) is 5.88. The maximum absolute atomic E-state index is 6.05. The summed E-state index contributed by atoms with van der Waals surface area (Å²) in [5.41, 5.74) is 8.95. The van der Waals surface area contributed by atoms with Crippen LogP contribution in [0.3, 0.4) is 0 Å². The Bertz CT molecular complexity index is 385. The predicted molar refractivity (Wildman–Crippen MR) is 60.8 cm³/mol. The lowest BCUT2D eigenvalue weighted by Gasteiger charge is -2.26. The van der Waals surface area contributed by atoms with E-state index in [4.69, 9.17) is 11.6 Å². The summed E-state index contributed by atoms with van der Waals surface area (Å²) in [6, 6.07) is 10.1. The minimum Gasteiger partial charge on any atom is -0.399 e. The van der Waals surface area contributed by atoms with Crippen LogP contribution in [0.2, 0.25) is 0 Å². The van der Waals surface area contributed by atoms with Gasteiger partial charge in [-0.3, -0.25) is 5.01 Å². The van der Waals surface area contributed by atoms with Gasteiger partial charge in [0.1, 0.15) is 0 Å². The first-order valence-electron chi connectivity index (χ1n) is 4.95. The van der Waals surface area contributed by atoms with Crippen LogP contribution in [0, 0.1) is 0 Å². The molecule has 1 aromatic rings. The van der Waals surface area contributed by atoms with Gasteiger partial charge in [-0.1, -0.05) is 30.3 Å². The third-order valence-corrected chi connectivity index (χ3v) is 2.84. The van der Waals surface area contributed by atoms with Gasteiger partial charge in [-0.25, -0.2) is 5.84 Å². The molecule has 0 aromatic heterocycles. The molecular weight excluding hydrogens is 188 g/mol. The molecule has 0 saturated heterocycles. The zero-order valence-corrected chi connectivity index (χ0v) is 9.01. The lowest BCUT2D eigenvalue weighted by molar-refractivity contribution is 0.0529. The summed E-state index contributed by atoms with van der Waals surface area (Å²) in [7, 11) is 1.92. The fourth-order valence-electron chi connectivity index (χ4n) is 1.85. The van der Waals surface area contributed by atoms with Crippen molar-refractivity contribution in [2.75, 3.05) is 7.05 Å². The molecule has 0 fully saturated rings. The summed E-state index contributed by atoms with van der Waals surface area (Å²) < 4.78 is 0. The summed E-state index contributed by atoms with van der Waals surface area (Å²) in [4.78, 5) is 0. The van der Waals surface area contributed by atoms with Gasteiger partial charge in [0.25, 0.3) is 0 Å². The molecule has 0 radical (unpaired) electrons. The molecule has 0 spiro atoms. The number of benzene rings is 1. The number of hydrazine groups is 2. The Kier molecular flexibility index (Phi) is 2.38. The topological polar surface area (TPSA) is 58.5 Å². The Morgan fingerprint density at radius 2 is 1.80 bits per heavy atom. The number of hydrogen-bond donors (Lipinski definition) is 2. The van der Waals surface area contributed by atoms with E-state index in [0.29, 0.717) is 0 Å². The smallest absolute Gasteiger partial charge is 0.0836 e. The van der Waals surface area contributed by atoms with Crippen molar-refractivity contribution < 1.29 is 0 Å². The number of hydrogen-bond acceptors (Lipinski definition) is 4. The Balaban J connectivity index is 2.45. The van der Waals surface area contributed by atoms with Gasteiger partial charge in [0.15, 0.2) is 0 Å². The molecule has 15 heavy (non-hydrogen) atoms. The van der Waals surface area contributed by atoms with Crippen LogP contribution >= 0.6 is 0 Å². The van der Waals surface area contributed by atoms with Gasteiger partial charge in [-0.15, -0.1) is 0 Å². The SMILES string of the molecule is CC1C(N)=C(c2ccccc2)N(C)N1N. The van der Waals surface area contributed by atoms with Crippen molar-refractivity contribution in [1.29, 1.82) is 0 Å². The molecule has 4 nitrogen and oxygen atoms in total. The minimum absolute atomic E-state index is 0.0465. The summed E-state index contributed by atoms with van der Waals surface area (Å²) in [6.07, 6.45) is 0. The van der Waals surface area contributed by atoms with Crippen LogP contribution in [0.15, 0.2) is 36.0 Å². The van der Waals surface area contributed by atoms with Crippen LogP contribution in [0.5, 0.6) is 0 Å². The van der Waals surface area contributed by atoms with Crippen LogP contribution in [-0.4, -0.2) is 23.2 Å². The van der Waals surface area contributed by atoms with E-state index in [9.17, 15) is 0 Å². The van der Waals surface area contributed by atoms with E-state index in [1.165, 1.54) is 0 Å². The van der Waals surface area contributed by atoms with Crippen molar-refractivity contribution in [3.05, 3.63) is 41.6 Å². The predicted octanol–water partition coefficient (Wildman–Crippen LogP) is 0.738. The Labute approximate surface area is 89.7 Å². The molecular formula is C11H16N4. The maximum Gasteiger partial charge on any atom is 0.0836 e. The summed E-state index contributed by atoms with van der Waals surface area (Å²) >= 11 is 0. The highest BCUT2D eigenvalue weighted by molar-refractivity contribution is 5.68. The molecule has 1 aliphatic heterocycles. The van der Waals surface area contributed by atoms with Gasteiger partial charge >= 0.3 is 0 Å². The van der Waals surface area contributed by atoms with Crippen molar-refractivity contribution in [2.45, 2.75) is 13.0 Å². The number of nitrogens with zero attached hydrogens (tertiary/aromatic N) is 2. The van der Waals surface area contributed by atoms with Gasteiger partial charge in [0.2, 0.25) is 0 Å². The average Bonchev–Trinajstić information content (AvgIpc) is 2.45. The molecule has 0 aliphatic carbocycles. The Morgan fingerprint density at radius 1 is 1.20 bits per heavy atom. The minimum atomic E-state index is 0.0465. The molecule has 1 heterocycles. The summed E-state index contributed by atoms with van der Waals surface area (Å²) in [5, 5.41) is 3.52. The number of rotatable bonds is 1. The Hall–Kier alpha value is -1.52. The molecule has 4 N–H and O–H groups in total. The van der Waals surface area contributed by atoms with Crippen molar-refractivity contribution in [3.8, 4) is 0 Å². The highest BCUT2D eigenvalue weighted by Gasteiger charge is 2.30. The van der Waals surface area contributed by atoms with E-state index >= 15 is 0 Å². The monoisotopic (exact) mass is 204 g/mol. The van der Waals surface area contributed by atoms with E-state index in [1.54, 1.807) is 5.12 Å². The summed E-state index contributed by atoms with van der Waals surface area (Å²) in [6.45, 7) is 1.99. The second kappa shape index (κ2) is 3.56. The van der Waals surface area contributed by atoms with Gasteiger partial charge in [-0.2, -0.15) is 5.12 Å². The average molecular weight is 204 g/mol. The van der Waals surface area contributed by atoms with E-state index in [-0.39, 0.29) is 6.04 Å². The van der Waals surface area contributed by atoms with Crippen LogP contribution in [0.25, 0.3) is 5.70 Å². The van der Waals surface area contributed by atoms with Gasteiger partial charge in [0.05, 0.1) is 17.4 Å². The molecule has 1 aromatic carbocycles. The molecule has 4 heteroatoms. The van der Waals surface area contributed by atoms with Gasteiger partial charge in [0, 0.05) is 12.6 Å². The molecule has 1 atom stereocenters.